The van der Waals surface area contributed by atoms with Gasteiger partial charge < -0.3 is 14.4 Å². The van der Waals surface area contributed by atoms with Gasteiger partial charge in [0.2, 0.25) is 5.91 Å². The Morgan fingerprint density at radius 2 is 1.79 bits per heavy atom. The summed E-state index contributed by atoms with van der Waals surface area (Å²) < 4.78 is 11.6. The van der Waals surface area contributed by atoms with Crippen molar-refractivity contribution in [3.05, 3.63) is 87.9 Å². The third-order valence-corrected chi connectivity index (χ3v) is 5.89. The Hall–Kier alpha value is -3.49. The molecule has 0 saturated carbocycles. The van der Waals surface area contributed by atoms with E-state index in [1.807, 2.05) is 79.4 Å². The van der Waals surface area contributed by atoms with E-state index < -0.39 is 0 Å². The third-order valence-electron chi connectivity index (χ3n) is 5.63. The number of methoxy groups -OCH3 is 1. The molecule has 0 radical (unpaired) electrons. The zero-order valence-corrected chi connectivity index (χ0v) is 19.6. The fourth-order valence-corrected chi connectivity index (χ4v) is 4.32. The van der Waals surface area contributed by atoms with E-state index in [1.54, 1.807) is 7.11 Å². The highest BCUT2D eigenvalue weighted by Crippen LogP contribution is 2.43. The molecule has 0 N–H and O–H groups in total. The number of amides is 1. The van der Waals surface area contributed by atoms with Crippen molar-refractivity contribution in [1.29, 1.82) is 5.26 Å². The van der Waals surface area contributed by atoms with Crippen LogP contribution in [0.3, 0.4) is 0 Å². The Balaban J connectivity index is 1.89. The number of benzene rings is 3. The standard InChI is InChI=1S/C27H25ClN2O3/c1-17(2)33-25-16-23-20(14-24(25)32-3)15-26(31)30(22-10-4-18(5-11-22)12-13-29)27(23)19-6-8-21(28)9-7-19/h4-11,14,16-17,27H,12,15H2,1-3H3. The number of anilines is 1. The van der Waals surface area contributed by atoms with Crippen molar-refractivity contribution >= 4 is 23.2 Å². The molecule has 33 heavy (non-hydrogen) atoms. The minimum Gasteiger partial charge on any atom is -0.493 e. The van der Waals surface area contributed by atoms with Crippen LogP contribution in [0, 0.1) is 11.3 Å². The second-order valence-corrected chi connectivity index (χ2v) is 8.70. The molecule has 168 valence electrons. The number of hydrogen-bond donors (Lipinski definition) is 0. The number of halogens is 1. The molecule has 1 aliphatic heterocycles. The summed E-state index contributed by atoms with van der Waals surface area (Å²) in [6, 6.07) is 20.8. The van der Waals surface area contributed by atoms with Gasteiger partial charge >= 0.3 is 0 Å². The minimum atomic E-state index is -0.360. The third kappa shape index (κ3) is 4.67. The van der Waals surface area contributed by atoms with E-state index in [1.165, 1.54) is 0 Å². The van der Waals surface area contributed by atoms with Gasteiger partial charge in [-0.25, -0.2) is 0 Å². The molecule has 1 atom stereocenters. The molecule has 6 heteroatoms. The molecule has 1 heterocycles. The van der Waals surface area contributed by atoms with Gasteiger partial charge in [-0.05, 0) is 72.5 Å². The normalized spacial score (nSPS) is 15.2. The van der Waals surface area contributed by atoms with Gasteiger partial charge in [-0.2, -0.15) is 5.26 Å². The lowest BCUT2D eigenvalue weighted by molar-refractivity contribution is -0.118. The summed E-state index contributed by atoms with van der Waals surface area (Å²) in [5.74, 6) is 1.23. The van der Waals surface area contributed by atoms with Crippen molar-refractivity contribution in [3.63, 3.8) is 0 Å². The topological polar surface area (TPSA) is 62.6 Å². The molecule has 0 fully saturated rings. The van der Waals surface area contributed by atoms with E-state index in [9.17, 15) is 4.79 Å². The zero-order chi connectivity index (χ0) is 23.5. The molecule has 1 amide bonds. The first kappa shape index (κ1) is 22.7. The van der Waals surface area contributed by atoms with Gasteiger partial charge in [0.05, 0.1) is 38.2 Å². The Kier molecular flexibility index (Phi) is 6.57. The number of nitrogens with zero attached hydrogens (tertiary/aromatic N) is 2. The summed E-state index contributed by atoms with van der Waals surface area (Å²) in [5.41, 5.74) is 4.51. The second kappa shape index (κ2) is 9.56. The second-order valence-electron chi connectivity index (χ2n) is 8.26. The van der Waals surface area contributed by atoms with Crippen molar-refractivity contribution in [2.45, 2.75) is 38.8 Å². The van der Waals surface area contributed by atoms with Gasteiger partial charge in [-0.1, -0.05) is 35.9 Å². The van der Waals surface area contributed by atoms with E-state index in [0.717, 1.165) is 27.9 Å². The van der Waals surface area contributed by atoms with Gasteiger partial charge in [-0.15, -0.1) is 0 Å². The summed E-state index contributed by atoms with van der Waals surface area (Å²) in [5, 5.41) is 9.62. The van der Waals surface area contributed by atoms with Crippen molar-refractivity contribution in [2.75, 3.05) is 12.0 Å². The lowest BCUT2D eigenvalue weighted by atomic mass is 9.86. The Bertz CT molecular complexity index is 1200. The molecule has 3 aromatic rings. The quantitative estimate of drug-likeness (QED) is 0.460. The van der Waals surface area contributed by atoms with Gasteiger partial charge in [0.25, 0.3) is 0 Å². The smallest absolute Gasteiger partial charge is 0.232 e. The van der Waals surface area contributed by atoms with Crippen molar-refractivity contribution in [2.24, 2.45) is 0 Å². The molecule has 0 aliphatic carbocycles. The average Bonchev–Trinajstić information content (AvgIpc) is 2.79. The number of carbonyl (C=O) groups excluding carboxylic acids is 1. The first-order valence-electron chi connectivity index (χ1n) is 10.8. The minimum absolute atomic E-state index is 0.0185. The molecule has 1 unspecified atom stereocenters. The van der Waals surface area contributed by atoms with Crippen molar-refractivity contribution in [3.8, 4) is 17.6 Å². The predicted molar refractivity (Wildman–Crippen MR) is 129 cm³/mol. The SMILES string of the molecule is COc1cc2c(cc1OC(C)C)C(c1ccc(Cl)cc1)N(c1ccc(CC#N)cc1)C(=O)C2. The van der Waals surface area contributed by atoms with Crippen LogP contribution in [0.2, 0.25) is 5.02 Å². The molecule has 1 aliphatic rings. The fraction of sp³-hybridized carbons (Fsp3) is 0.259. The Morgan fingerprint density at radius 1 is 1.09 bits per heavy atom. The number of carbonyl (C=O) groups is 1. The molecule has 4 rings (SSSR count). The van der Waals surface area contributed by atoms with Crippen LogP contribution in [0.1, 0.15) is 42.1 Å². The van der Waals surface area contributed by atoms with Crippen LogP contribution in [-0.2, 0) is 17.6 Å². The molecule has 0 spiro atoms. The number of ether oxygens (including phenoxy) is 2. The van der Waals surface area contributed by atoms with Gasteiger partial charge in [0, 0.05) is 10.7 Å². The predicted octanol–water partition coefficient (Wildman–Crippen LogP) is 5.88. The van der Waals surface area contributed by atoms with Crippen molar-refractivity contribution in [1.82, 2.24) is 0 Å². The maximum absolute atomic E-state index is 13.5. The maximum Gasteiger partial charge on any atom is 0.232 e. The van der Waals surface area contributed by atoms with Crippen molar-refractivity contribution < 1.29 is 14.3 Å². The molecule has 0 saturated heterocycles. The van der Waals surface area contributed by atoms with Crippen LogP contribution in [0.25, 0.3) is 0 Å². The molecule has 0 aromatic heterocycles. The van der Waals surface area contributed by atoms with Crippen LogP contribution in [-0.4, -0.2) is 19.1 Å². The summed E-state index contributed by atoms with van der Waals surface area (Å²) in [6.07, 6.45) is 0.547. The molecule has 5 nitrogen and oxygen atoms in total. The molecule has 0 bridgehead atoms. The van der Waals surface area contributed by atoms with E-state index in [4.69, 9.17) is 26.3 Å². The first-order chi connectivity index (χ1) is 15.9. The molecular weight excluding hydrogens is 436 g/mol. The highest BCUT2D eigenvalue weighted by molar-refractivity contribution is 6.30. The zero-order valence-electron chi connectivity index (χ0n) is 18.8. The number of nitriles is 1. The molecule has 3 aromatic carbocycles. The fourth-order valence-electron chi connectivity index (χ4n) is 4.19. The largest absolute Gasteiger partial charge is 0.493 e. The summed E-state index contributed by atoms with van der Waals surface area (Å²) in [7, 11) is 1.60. The lowest BCUT2D eigenvalue weighted by Gasteiger charge is -2.38. The summed E-state index contributed by atoms with van der Waals surface area (Å²) >= 11 is 6.16. The Morgan fingerprint density at radius 3 is 2.39 bits per heavy atom. The van der Waals surface area contributed by atoms with Crippen LogP contribution < -0.4 is 14.4 Å². The van der Waals surface area contributed by atoms with E-state index >= 15 is 0 Å². The van der Waals surface area contributed by atoms with E-state index in [-0.39, 0.29) is 24.5 Å². The average molecular weight is 461 g/mol. The number of hydrogen-bond acceptors (Lipinski definition) is 4. The maximum atomic E-state index is 13.5. The van der Waals surface area contributed by atoms with Crippen LogP contribution >= 0.6 is 11.6 Å². The van der Waals surface area contributed by atoms with Gasteiger partial charge in [0.15, 0.2) is 11.5 Å². The lowest BCUT2D eigenvalue weighted by Crippen LogP contribution is -2.41. The summed E-state index contributed by atoms with van der Waals surface area (Å²) in [6.45, 7) is 3.93. The van der Waals surface area contributed by atoms with Gasteiger partial charge in [0.1, 0.15) is 0 Å². The monoisotopic (exact) mass is 460 g/mol. The van der Waals surface area contributed by atoms with Gasteiger partial charge in [-0.3, -0.25) is 4.79 Å². The Labute approximate surface area is 199 Å². The van der Waals surface area contributed by atoms with Crippen LogP contribution in [0.4, 0.5) is 5.69 Å². The highest BCUT2D eigenvalue weighted by Gasteiger charge is 2.36. The number of rotatable bonds is 6. The van der Waals surface area contributed by atoms with E-state index in [0.29, 0.717) is 22.9 Å². The van der Waals surface area contributed by atoms with Crippen LogP contribution in [0.15, 0.2) is 60.7 Å². The first-order valence-corrected chi connectivity index (χ1v) is 11.2. The van der Waals surface area contributed by atoms with Crippen LogP contribution in [0.5, 0.6) is 11.5 Å². The highest BCUT2D eigenvalue weighted by atomic mass is 35.5. The van der Waals surface area contributed by atoms with E-state index in [2.05, 4.69) is 6.07 Å². The number of fused-ring (bicyclic) bond motifs is 1. The molecular formula is C27H25ClN2O3. The summed E-state index contributed by atoms with van der Waals surface area (Å²) in [4.78, 5) is 15.3.